The lowest BCUT2D eigenvalue weighted by Crippen LogP contribution is -2.18. The summed E-state index contributed by atoms with van der Waals surface area (Å²) in [5.41, 5.74) is 0. The second-order valence-corrected chi connectivity index (χ2v) is 2.17. The zero-order chi connectivity index (χ0) is 7.28. The van der Waals surface area contributed by atoms with Crippen molar-refractivity contribution in [3.8, 4) is 0 Å². The van der Waals surface area contributed by atoms with Crippen LogP contribution >= 0.6 is 12.6 Å². The summed E-state index contributed by atoms with van der Waals surface area (Å²) in [6.45, 7) is 0. The van der Waals surface area contributed by atoms with E-state index in [-0.39, 0.29) is 0 Å². The van der Waals surface area contributed by atoms with Gasteiger partial charge in [0.15, 0.2) is 6.10 Å². The molecule has 2 N–H and O–H groups in total. The fourth-order valence-electron chi connectivity index (χ4n) is 0.408. The smallest absolute Gasteiger partial charge is 0.332 e. The van der Waals surface area contributed by atoms with E-state index in [1.54, 1.807) is 0 Å². The number of rotatable bonds is 4. The number of aliphatic hydroxyl groups is 1. The van der Waals surface area contributed by atoms with Crippen molar-refractivity contribution < 1.29 is 15.0 Å². The molecule has 9 heavy (non-hydrogen) atoms. The molecule has 4 heteroatoms. The van der Waals surface area contributed by atoms with E-state index in [1.807, 2.05) is 0 Å². The molecule has 1 unspecified atom stereocenters. The topological polar surface area (TPSA) is 57.5 Å². The van der Waals surface area contributed by atoms with Crippen molar-refractivity contribution in [1.82, 2.24) is 0 Å². The molecule has 0 aromatic carbocycles. The van der Waals surface area contributed by atoms with Crippen LogP contribution in [0.2, 0.25) is 0 Å². The highest BCUT2D eigenvalue weighted by Crippen LogP contribution is 1.97. The van der Waals surface area contributed by atoms with Gasteiger partial charge in [-0.1, -0.05) is 0 Å². The van der Waals surface area contributed by atoms with Crippen LogP contribution in [-0.2, 0) is 4.79 Å². The molecule has 0 saturated heterocycles. The average molecular weight is 150 g/mol. The molecule has 0 spiro atoms. The van der Waals surface area contributed by atoms with E-state index in [1.165, 1.54) is 0 Å². The number of carbonyl (C=O) groups is 1. The molecule has 54 valence electrons. The number of hydrogen-bond donors (Lipinski definition) is 3. The molecule has 0 aromatic heterocycles. The first kappa shape index (κ1) is 8.78. The number of hydrogen-bond acceptors (Lipinski definition) is 3. The van der Waals surface area contributed by atoms with Gasteiger partial charge in [-0.3, -0.25) is 0 Å². The highest BCUT2D eigenvalue weighted by molar-refractivity contribution is 7.80. The van der Waals surface area contributed by atoms with Gasteiger partial charge < -0.3 is 10.2 Å². The number of carboxylic acids is 1. The lowest BCUT2D eigenvalue weighted by atomic mass is 10.2. The van der Waals surface area contributed by atoms with Gasteiger partial charge in [0, 0.05) is 0 Å². The number of aliphatic hydroxyl groups excluding tert-OH is 1. The predicted molar refractivity (Wildman–Crippen MR) is 36.7 cm³/mol. The largest absolute Gasteiger partial charge is 0.479 e. The zero-order valence-electron chi connectivity index (χ0n) is 4.95. The Labute approximate surface area is 59.1 Å². The first-order valence-electron chi connectivity index (χ1n) is 2.70. The summed E-state index contributed by atoms with van der Waals surface area (Å²) in [7, 11) is 0. The van der Waals surface area contributed by atoms with Gasteiger partial charge in [0.05, 0.1) is 0 Å². The standard InChI is InChI=1S/C5H10O3S/c6-4(5(7)8)2-1-3-9/h4,6,9H,1-3H2,(H,7,8). The normalized spacial score (nSPS) is 13.1. The van der Waals surface area contributed by atoms with Gasteiger partial charge in [-0.25, -0.2) is 4.79 Å². The Hall–Kier alpha value is -0.220. The molecule has 3 nitrogen and oxygen atoms in total. The first-order valence-corrected chi connectivity index (χ1v) is 3.33. The van der Waals surface area contributed by atoms with Crippen LogP contribution in [0.15, 0.2) is 0 Å². The molecular weight excluding hydrogens is 140 g/mol. The fourth-order valence-corrected chi connectivity index (χ4v) is 0.591. The van der Waals surface area contributed by atoms with Gasteiger partial charge in [0.1, 0.15) is 0 Å². The van der Waals surface area contributed by atoms with Crippen molar-refractivity contribution in [2.45, 2.75) is 18.9 Å². The van der Waals surface area contributed by atoms with Gasteiger partial charge >= 0.3 is 5.97 Å². The van der Waals surface area contributed by atoms with E-state index in [0.717, 1.165) is 0 Å². The van der Waals surface area contributed by atoms with Crippen molar-refractivity contribution in [2.75, 3.05) is 5.75 Å². The summed E-state index contributed by atoms with van der Waals surface area (Å²) >= 11 is 3.86. The highest BCUT2D eigenvalue weighted by Gasteiger charge is 2.10. The Morgan fingerprint density at radius 3 is 2.56 bits per heavy atom. The van der Waals surface area contributed by atoms with E-state index in [0.29, 0.717) is 18.6 Å². The molecule has 0 radical (unpaired) electrons. The highest BCUT2D eigenvalue weighted by atomic mass is 32.1. The lowest BCUT2D eigenvalue weighted by molar-refractivity contribution is -0.146. The Balaban J connectivity index is 3.27. The van der Waals surface area contributed by atoms with Gasteiger partial charge in [-0.2, -0.15) is 12.6 Å². The molecule has 0 saturated carbocycles. The van der Waals surface area contributed by atoms with Crippen LogP contribution in [0.5, 0.6) is 0 Å². The summed E-state index contributed by atoms with van der Waals surface area (Å²) in [5, 5.41) is 16.8. The molecule has 0 rings (SSSR count). The van der Waals surface area contributed by atoms with Gasteiger partial charge in [0.2, 0.25) is 0 Å². The van der Waals surface area contributed by atoms with Crippen LogP contribution in [0.1, 0.15) is 12.8 Å². The molecular formula is C5H10O3S. The molecule has 0 aliphatic rings. The molecule has 1 atom stereocenters. The Morgan fingerprint density at radius 1 is 1.67 bits per heavy atom. The third kappa shape index (κ3) is 4.29. The quantitative estimate of drug-likeness (QED) is 0.500. The Morgan fingerprint density at radius 2 is 2.22 bits per heavy atom. The zero-order valence-corrected chi connectivity index (χ0v) is 5.84. The number of carboxylic acid groups (broad SMARTS) is 1. The van der Waals surface area contributed by atoms with Crippen molar-refractivity contribution in [2.24, 2.45) is 0 Å². The SMILES string of the molecule is O=C(O)C(O)CCCS. The van der Waals surface area contributed by atoms with E-state index in [4.69, 9.17) is 10.2 Å². The Kier molecular flexibility index (Phi) is 4.53. The minimum absolute atomic E-state index is 0.291. The molecule has 0 aliphatic heterocycles. The van der Waals surface area contributed by atoms with E-state index in [9.17, 15) is 4.79 Å². The second kappa shape index (κ2) is 4.64. The van der Waals surface area contributed by atoms with Crippen molar-refractivity contribution in [1.29, 1.82) is 0 Å². The summed E-state index contributed by atoms with van der Waals surface area (Å²) in [6, 6.07) is 0. The maximum absolute atomic E-state index is 9.93. The van der Waals surface area contributed by atoms with Crippen molar-refractivity contribution in [3.05, 3.63) is 0 Å². The van der Waals surface area contributed by atoms with Gasteiger partial charge in [-0.05, 0) is 18.6 Å². The van der Waals surface area contributed by atoms with Crippen LogP contribution < -0.4 is 0 Å². The average Bonchev–Trinajstić information content (AvgIpc) is 1.82. The van der Waals surface area contributed by atoms with Crippen LogP contribution in [0.25, 0.3) is 0 Å². The minimum Gasteiger partial charge on any atom is -0.479 e. The van der Waals surface area contributed by atoms with Crippen LogP contribution in [0.3, 0.4) is 0 Å². The minimum atomic E-state index is -1.21. The van der Waals surface area contributed by atoms with E-state index < -0.39 is 12.1 Å². The third-order valence-corrected chi connectivity index (χ3v) is 1.24. The molecule has 0 bridgehead atoms. The summed E-state index contributed by atoms with van der Waals surface area (Å²) in [4.78, 5) is 9.93. The first-order chi connectivity index (χ1) is 4.18. The van der Waals surface area contributed by atoms with Crippen LogP contribution in [0.4, 0.5) is 0 Å². The monoisotopic (exact) mass is 150 g/mol. The molecule has 0 aliphatic carbocycles. The van der Waals surface area contributed by atoms with E-state index >= 15 is 0 Å². The molecule has 0 aromatic rings. The van der Waals surface area contributed by atoms with Crippen molar-refractivity contribution in [3.63, 3.8) is 0 Å². The molecule has 0 fully saturated rings. The Bertz CT molecular complexity index is 94.2. The van der Waals surface area contributed by atoms with Gasteiger partial charge in [0.25, 0.3) is 0 Å². The van der Waals surface area contributed by atoms with E-state index in [2.05, 4.69) is 12.6 Å². The number of thiol groups is 1. The fraction of sp³-hybridized carbons (Fsp3) is 0.800. The van der Waals surface area contributed by atoms with Crippen LogP contribution in [0, 0.1) is 0 Å². The number of aliphatic carboxylic acids is 1. The lowest BCUT2D eigenvalue weighted by Gasteiger charge is -2.01. The van der Waals surface area contributed by atoms with Crippen LogP contribution in [-0.4, -0.2) is 28.0 Å². The summed E-state index contributed by atoms with van der Waals surface area (Å²) in [5.74, 6) is -0.540. The second-order valence-electron chi connectivity index (χ2n) is 1.72. The predicted octanol–water partition coefficient (Wildman–Crippen LogP) is 0.142. The maximum Gasteiger partial charge on any atom is 0.332 e. The summed E-state index contributed by atoms with van der Waals surface area (Å²) in [6.07, 6.45) is -0.285. The molecule has 0 heterocycles. The molecule has 0 amide bonds. The maximum atomic E-state index is 9.93. The van der Waals surface area contributed by atoms with Gasteiger partial charge in [-0.15, -0.1) is 0 Å². The summed E-state index contributed by atoms with van der Waals surface area (Å²) < 4.78 is 0. The van der Waals surface area contributed by atoms with Crippen molar-refractivity contribution >= 4 is 18.6 Å². The third-order valence-electron chi connectivity index (χ3n) is 0.921.